The van der Waals surface area contributed by atoms with E-state index < -0.39 is 5.79 Å². The van der Waals surface area contributed by atoms with E-state index in [0.29, 0.717) is 24.7 Å². The van der Waals surface area contributed by atoms with Gasteiger partial charge in [-0.2, -0.15) is 0 Å². The molecule has 1 heterocycles. The summed E-state index contributed by atoms with van der Waals surface area (Å²) in [6.45, 7) is 1.14. The van der Waals surface area contributed by atoms with E-state index in [0.717, 1.165) is 25.7 Å². The van der Waals surface area contributed by atoms with Gasteiger partial charge in [-0.15, -0.1) is 0 Å². The number of methoxy groups -OCH3 is 1. The second kappa shape index (κ2) is 6.03. The van der Waals surface area contributed by atoms with Crippen LogP contribution in [0.25, 0.3) is 0 Å². The fourth-order valence-electron chi connectivity index (χ4n) is 3.23. The highest BCUT2D eigenvalue weighted by Gasteiger charge is 2.49. The molecule has 2 aliphatic rings. The van der Waals surface area contributed by atoms with Crippen LogP contribution in [-0.4, -0.2) is 32.0 Å². The van der Waals surface area contributed by atoms with Crippen molar-refractivity contribution in [3.8, 4) is 5.75 Å². The summed E-state index contributed by atoms with van der Waals surface area (Å²) in [5.41, 5.74) is 0.684. The van der Waals surface area contributed by atoms with Crippen molar-refractivity contribution in [2.24, 2.45) is 5.92 Å². The number of ether oxygens (including phenoxy) is 3. The number of rotatable bonds is 3. The fraction of sp³-hybridized carbons (Fsp3) is 0.562. The number of hydrogen-bond donors (Lipinski definition) is 1. The van der Waals surface area contributed by atoms with E-state index in [9.17, 15) is 4.79 Å². The standard InChI is InChI=1S/C16H21NO4/c1-19-14-8-3-2-7-13(14)17-15(18)12-6-4-5-9-16(12)20-10-11-21-16/h2-3,7-8,12H,4-6,9-11H2,1H3,(H,17,18). The molecule has 2 fully saturated rings. The van der Waals surface area contributed by atoms with Crippen molar-refractivity contribution in [2.75, 3.05) is 25.6 Å². The van der Waals surface area contributed by atoms with Crippen LogP contribution in [-0.2, 0) is 14.3 Å². The van der Waals surface area contributed by atoms with Crippen molar-refractivity contribution in [3.63, 3.8) is 0 Å². The van der Waals surface area contributed by atoms with E-state index in [4.69, 9.17) is 14.2 Å². The van der Waals surface area contributed by atoms with E-state index in [1.807, 2.05) is 24.3 Å². The third kappa shape index (κ3) is 2.76. The molecular formula is C16H21NO4. The highest BCUT2D eigenvalue weighted by atomic mass is 16.7. The Kier molecular flexibility index (Phi) is 4.12. The molecule has 5 nitrogen and oxygen atoms in total. The quantitative estimate of drug-likeness (QED) is 0.930. The van der Waals surface area contributed by atoms with E-state index >= 15 is 0 Å². The third-order valence-electron chi connectivity index (χ3n) is 4.26. The zero-order valence-corrected chi connectivity index (χ0v) is 12.3. The van der Waals surface area contributed by atoms with E-state index in [1.165, 1.54) is 0 Å². The van der Waals surface area contributed by atoms with Crippen LogP contribution in [0.4, 0.5) is 5.69 Å². The van der Waals surface area contributed by atoms with E-state index in [2.05, 4.69) is 5.32 Å². The van der Waals surface area contributed by atoms with E-state index in [-0.39, 0.29) is 11.8 Å². The molecule has 1 aromatic carbocycles. The molecule has 1 spiro atoms. The first-order valence-corrected chi connectivity index (χ1v) is 7.47. The molecule has 0 radical (unpaired) electrons. The van der Waals surface area contributed by atoms with Gasteiger partial charge in [0, 0.05) is 6.42 Å². The zero-order chi connectivity index (χ0) is 14.7. The molecule has 1 N–H and O–H groups in total. The Bertz CT molecular complexity index is 511. The average Bonchev–Trinajstić information content (AvgIpc) is 2.97. The second-order valence-corrected chi connectivity index (χ2v) is 5.50. The predicted octanol–water partition coefficient (Wildman–Crippen LogP) is 2.57. The van der Waals surface area contributed by atoms with E-state index in [1.54, 1.807) is 7.11 Å². The van der Waals surface area contributed by atoms with Crippen molar-refractivity contribution in [1.29, 1.82) is 0 Å². The molecule has 3 rings (SSSR count). The number of para-hydroxylation sites is 2. The molecule has 1 saturated heterocycles. The molecule has 1 aliphatic carbocycles. The monoisotopic (exact) mass is 291 g/mol. The topological polar surface area (TPSA) is 56.8 Å². The Labute approximate surface area is 124 Å². The minimum atomic E-state index is -0.718. The lowest BCUT2D eigenvalue weighted by Gasteiger charge is -2.38. The van der Waals surface area contributed by atoms with Crippen LogP contribution in [0.3, 0.4) is 0 Å². The fourth-order valence-corrected chi connectivity index (χ4v) is 3.23. The molecule has 5 heteroatoms. The largest absolute Gasteiger partial charge is 0.495 e. The Balaban J connectivity index is 1.77. The van der Waals surface area contributed by atoms with Gasteiger partial charge in [-0.05, 0) is 25.0 Å². The van der Waals surface area contributed by atoms with Crippen LogP contribution in [0.1, 0.15) is 25.7 Å². The molecule has 1 unspecified atom stereocenters. The molecule has 1 amide bonds. The van der Waals surface area contributed by atoms with Crippen molar-refractivity contribution in [2.45, 2.75) is 31.5 Å². The molecule has 114 valence electrons. The number of carbonyl (C=O) groups excluding carboxylic acids is 1. The molecule has 0 bridgehead atoms. The Morgan fingerprint density at radius 1 is 1.29 bits per heavy atom. The molecule has 1 aromatic rings. The van der Waals surface area contributed by atoms with Gasteiger partial charge >= 0.3 is 0 Å². The van der Waals surface area contributed by atoms with Gasteiger partial charge in [-0.3, -0.25) is 4.79 Å². The normalized spacial score (nSPS) is 24.0. The van der Waals surface area contributed by atoms with Crippen molar-refractivity contribution >= 4 is 11.6 Å². The molecule has 1 aliphatic heterocycles. The first-order valence-electron chi connectivity index (χ1n) is 7.47. The van der Waals surface area contributed by atoms with Crippen LogP contribution in [0.15, 0.2) is 24.3 Å². The predicted molar refractivity (Wildman–Crippen MR) is 78.2 cm³/mol. The first kappa shape index (κ1) is 14.4. The lowest BCUT2D eigenvalue weighted by atomic mass is 9.82. The summed E-state index contributed by atoms with van der Waals surface area (Å²) in [6, 6.07) is 7.41. The SMILES string of the molecule is COc1ccccc1NC(=O)C1CCCCC12OCCO2. The highest BCUT2D eigenvalue weighted by Crippen LogP contribution is 2.41. The maximum atomic E-state index is 12.7. The van der Waals surface area contributed by atoms with Crippen LogP contribution in [0.5, 0.6) is 5.75 Å². The van der Waals surface area contributed by atoms with Gasteiger partial charge in [0.05, 0.1) is 31.9 Å². The molecular weight excluding hydrogens is 270 g/mol. The van der Waals surface area contributed by atoms with Crippen LogP contribution < -0.4 is 10.1 Å². The third-order valence-corrected chi connectivity index (χ3v) is 4.26. The first-order chi connectivity index (χ1) is 10.2. The van der Waals surface area contributed by atoms with Gasteiger partial charge in [-0.25, -0.2) is 0 Å². The molecule has 0 aromatic heterocycles. The zero-order valence-electron chi connectivity index (χ0n) is 12.3. The van der Waals surface area contributed by atoms with Crippen molar-refractivity contribution < 1.29 is 19.0 Å². The lowest BCUT2D eigenvalue weighted by Crippen LogP contribution is -2.47. The summed E-state index contributed by atoms with van der Waals surface area (Å²) < 4.78 is 16.9. The van der Waals surface area contributed by atoms with Gasteiger partial charge in [-0.1, -0.05) is 18.6 Å². The lowest BCUT2D eigenvalue weighted by molar-refractivity contribution is -0.210. The summed E-state index contributed by atoms with van der Waals surface area (Å²) in [5, 5.41) is 2.96. The number of amides is 1. The van der Waals surface area contributed by atoms with Crippen LogP contribution in [0.2, 0.25) is 0 Å². The van der Waals surface area contributed by atoms with Crippen molar-refractivity contribution in [1.82, 2.24) is 0 Å². The number of carbonyl (C=O) groups is 1. The number of hydrogen-bond acceptors (Lipinski definition) is 4. The van der Waals surface area contributed by atoms with Crippen LogP contribution in [0, 0.1) is 5.92 Å². The minimum Gasteiger partial charge on any atom is -0.495 e. The molecule has 1 atom stereocenters. The van der Waals surface area contributed by atoms with Gasteiger partial charge in [0.2, 0.25) is 5.91 Å². The summed E-state index contributed by atoms with van der Waals surface area (Å²) >= 11 is 0. The second-order valence-electron chi connectivity index (χ2n) is 5.50. The summed E-state index contributed by atoms with van der Waals surface area (Å²) in [6.07, 6.45) is 3.65. The Hall–Kier alpha value is -1.59. The number of benzene rings is 1. The molecule has 21 heavy (non-hydrogen) atoms. The average molecular weight is 291 g/mol. The smallest absolute Gasteiger partial charge is 0.233 e. The number of nitrogens with one attached hydrogen (secondary N) is 1. The van der Waals surface area contributed by atoms with Gasteiger partial charge in [0.15, 0.2) is 5.79 Å². The minimum absolute atomic E-state index is 0.0545. The number of anilines is 1. The Morgan fingerprint density at radius 2 is 2.05 bits per heavy atom. The van der Waals surface area contributed by atoms with Crippen LogP contribution >= 0.6 is 0 Å². The van der Waals surface area contributed by atoms with Crippen molar-refractivity contribution in [3.05, 3.63) is 24.3 Å². The maximum Gasteiger partial charge on any atom is 0.233 e. The Morgan fingerprint density at radius 3 is 2.81 bits per heavy atom. The summed E-state index contributed by atoms with van der Waals surface area (Å²) in [4.78, 5) is 12.7. The highest BCUT2D eigenvalue weighted by molar-refractivity contribution is 5.94. The van der Waals surface area contributed by atoms with Gasteiger partial charge in [0.1, 0.15) is 5.75 Å². The maximum absolute atomic E-state index is 12.7. The molecule has 1 saturated carbocycles. The van der Waals surface area contributed by atoms with Gasteiger partial charge in [0.25, 0.3) is 0 Å². The summed E-state index contributed by atoms with van der Waals surface area (Å²) in [5.74, 6) is -0.381. The summed E-state index contributed by atoms with van der Waals surface area (Å²) in [7, 11) is 1.59. The van der Waals surface area contributed by atoms with Gasteiger partial charge < -0.3 is 19.5 Å².